The fourth-order valence-electron chi connectivity index (χ4n) is 5.78. The van der Waals surface area contributed by atoms with Crippen molar-refractivity contribution in [1.29, 1.82) is 0 Å². The molecule has 1 aliphatic heterocycles. The van der Waals surface area contributed by atoms with E-state index in [1.165, 1.54) is 55.4 Å². The zero-order chi connectivity index (χ0) is 25.8. The molecule has 0 saturated heterocycles. The van der Waals surface area contributed by atoms with Crippen molar-refractivity contribution in [3.63, 3.8) is 0 Å². The lowest BCUT2D eigenvalue weighted by Gasteiger charge is -2.23. The first kappa shape index (κ1) is 22.4. The maximum Gasteiger partial charge on any atom is 0.174 e. The van der Waals surface area contributed by atoms with E-state index < -0.39 is 0 Å². The Bertz CT molecular complexity index is 2020. The highest BCUT2D eigenvalue weighted by Crippen LogP contribution is 2.43. The Balaban J connectivity index is 1.39. The van der Waals surface area contributed by atoms with Crippen LogP contribution in [0, 0.1) is 0 Å². The van der Waals surface area contributed by atoms with E-state index in [9.17, 15) is 0 Å². The standard InChI is InChI=1S/C36H24N2S/c1-2-9-24(10-3-1)29-20-30(27-18-17-25-11-4-5-12-26(25)19-27)22-31(21-29)32-14-8-13-28-23-39-36-37-33-15-6-7-16-34(33)38(36)35(28)32/h1-22H,23H2. The van der Waals surface area contributed by atoms with Crippen LogP contribution in [0.2, 0.25) is 0 Å². The van der Waals surface area contributed by atoms with Gasteiger partial charge in [-0.25, -0.2) is 4.98 Å². The Morgan fingerprint density at radius 1 is 0.538 bits per heavy atom. The number of aromatic nitrogens is 2. The van der Waals surface area contributed by atoms with E-state index in [2.05, 4.69) is 138 Å². The number of hydrogen-bond acceptors (Lipinski definition) is 2. The molecule has 0 radical (unpaired) electrons. The number of thioether (sulfide) groups is 1. The number of hydrogen-bond donors (Lipinski definition) is 0. The minimum absolute atomic E-state index is 0.919. The highest BCUT2D eigenvalue weighted by atomic mass is 32.2. The summed E-state index contributed by atoms with van der Waals surface area (Å²) in [5.74, 6) is 0.919. The Labute approximate surface area is 231 Å². The molecular weight excluding hydrogens is 492 g/mol. The third-order valence-electron chi connectivity index (χ3n) is 7.66. The number of fused-ring (bicyclic) bond motifs is 6. The molecule has 3 heteroatoms. The van der Waals surface area contributed by atoms with Crippen LogP contribution in [0.15, 0.2) is 139 Å². The van der Waals surface area contributed by atoms with Gasteiger partial charge < -0.3 is 0 Å². The zero-order valence-electron chi connectivity index (χ0n) is 21.2. The molecule has 184 valence electrons. The highest BCUT2D eigenvalue weighted by molar-refractivity contribution is 7.98. The maximum absolute atomic E-state index is 4.97. The second-order valence-electron chi connectivity index (χ2n) is 10.0. The van der Waals surface area contributed by atoms with Gasteiger partial charge in [-0.1, -0.05) is 109 Å². The van der Waals surface area contributed by atoms with Crippen LogP contribution in [0.3, 0.4) is 0 Å². The topological polar surface area (TPSA) is 17.8 Å². The first-order valence-corrected chi connectivity index (χ1v) is 14.2. The van der Waals surface area contributed by atoms with Crippen LogP contribution in [0.1, 0.15) is 5.56 Å². The minimum Gasteiger partial charge on any atom is -0.286 e. The fourth-order valence-corrected chi connectivity index (χ4v) is 6.78. The molecule has 1 aromatic heterocycles. The van der Waals surface area contributed by atoms with Gasteiger partial charge in [0.2, 0.25) is 0 Å². The van der Waals surface area contributed by atoms with E-state index in [1.54, 1.807) is 0 Å². The van der Waals surface area contributed by atoms with Crippen molar-refractivity contribution >= 4 is 33.6 Å². The molecule has 2 nitrogen and oxygen atoms in total. The maximum atomic E-state index is 4.97. The number of para-hydroxylation sites is 3. The average Bonchev–Trinajstić information content (AvgIpc) is 3.40. The fraction of sp³-hybridized carbons (Fsp3) is 0.0278. The molecule has 0 fully saturated rings. The van der Waals surface area contributed by atoms with Gasteiger partial charge in [0.05, 0.1) is 16.7 Å². The van der Waals surface area contributed by atoms with Gasteiger partial charge in [0.1, 0.15) is 0 Å². The van der Waals surface area contributed by atoms with Crippen LogP contribution in [-0.2, 0) is 5.75 Å². The largest absolute Gasteiger partial charge is 0.286 e. The molecule has 6 aromatic carbocycles. The van der Waals surface area contributed by atoms with E-state index in [1.807, 2.05) is 11.8 Å². The number of rotatable bonds is 3. The lowest BCUT2D eigenvalue weighted by Crippen LogP contribution is -2.07. The van der Waals surface area contributed by atoms with Gasteiger partial charge in [0.15, 0.2) is 5.16 Å². The molecule has 39 heavy (non-hydrogen) atoms. The van der Waals surface area contributed by atoms with E-state index in [0.717, 1.165) is 21.9 Å². The third-order valence-corrected chi connectivity index (χ3v) is 8.65. The normalized spacial score (nSPS) is 12.4. The molecule has 7 aromatic rings. The summed E-state index contributed by atoms with van der Waals surface area (Å²) in [4.78, 5) is 4.97. The van der Waals surface area contributed by atoms with E-state index in [-0.39, 0.29) is 0 Å². The smallest absolute Gasteiger partial charge is 0.174 e. The summed E-state index contributed by atoms with van der Waals surface area (Å²) < 4.78 is 2.36. The molecule has 0 unspecified atom stereocenters. The van der Waals surface area contributed by atoms with Crippen LogP contribution in [0.25, 0.3) is 60.9 Å². The molecule has 0 bridgehead atoms. The molecule has 0 atom stereocenters. The van der Waals surface area contributed by atoms with Gasteiger partial charge >= 0.3 is 0 Å². The van der Waals surface area contributed by atoms with Gasteiger partial charge in [-0.05, 0) is 80.6 Å². The van der Waals surface area contributed by atoms with Gasteiger partial charge in [-0.15, -0.1) is 0 Å². The summed E-state index contributed by atoms with van der Waals surface area (Å²) in [5, 5.41) is 3.57. The molecule has 8 rings (SSSR count). The highest BCUT2D eigenvalue weighted by Gasteiger charge is 2.24. The predicted octanol–water partition coefficient (Wildman–Crippen LogP) is 9.79. The Morgan fingerprint density at radius 3 is 2.18 bits per heavy atom. The van der Waals surface area contributed by atoms with Crippen molar-refractivity contribution in [1.82, 2.24) is 9.55 Å². The summed E-state index contributed by atoms with van der Waals surface area (Å²) in [6, 6.07) is 48.3. The van der Waals surface area contributed by atoms with Crippen molar-refractivity contribution in [2.75, 3.05) is 0 Å². The number of benzene rings is 6. The van der Waals surface area contributed by atoms with Crippen LogP contribution in [0.5, 0.6) is 0 Å². The molecule has 1 aliphatic rings. The van der Waals surface area contributed by atoms with Gasteiger partial charge in [-0.3, -0.25) is 4.57 Å². The van der Waals surface area contributed by atoms with Crippen LogP contribution in [-0.4, -0.2) is 9.55 Å². The SMILES string of the molecule is c1ccc(-c2cc(-c3ccc4ccccc4c3)cc(-c3cccc4c3-n3c(nc5ccccc53)SC4)c2)cc1. The summed E-state index contributed by atoms with van der Waals surface area (Å²) in [5.41, 5.74) is 12.1. The molecule has 0 spiro atoms. The van der Waals surface area contributed by atoms with Crippen LogP contribution >= 0.6 is 11.8 Å². The summed E-state index contributed by atoms with van der Waals surface area (Å²) in [6.07, 6.45) is 0. The zero-order valence-corrected chi connectivity index (χ0v) is 22.0. The first-order valence-electron chi connectivity index (χ1n) is 13.2. The van der Waals surface area contributed by atoms with Crippen molar-refractivity contribution < 1.29 is 0 Å². The van der Waals surface area contributed by atoms with E-state index in [0.29, 0.717) is 0 Å². The number of nitrogens with zero attached hydrogens (tertiary/aromatic N) is 2. The first-order chi connectivity index (χ1) is 19.3. The van der Waals surface area contributed by atoms with Gasteiger partial charge in [0.25, 0.3) is 0 Å². The summed E-state index contributed by atoms with van der Waals surface area (Å²) in [7, 11) is 0. The Kier molecular flexibility index (Phi) is 5.17. The van der Waals surface area contributed by atoms with Crippen LogP contribution in [0.4, 0.5) is 0 Å². The molecule has 0 aliphatic carbocycles. The molecular formula is C36H24N2S. The summed E-state index contributed by atoms with van der Waals surface area (Å²) in [6.45, 7) is 0. The molecule has 0 amide bonds. The summed E-state index contributed by atoms with van der Waals surface area (Å²) >= 11 is 1.81. The van der Waals surface area contributed by atoms with Crippen molar-refractivity contribution in [2.45, 2.75) is 10.9 Å². The van der Waals surface area contributed by atoms with Crippen molar-refractivity contribution in [3.05, 3.63) is 139 Å². The van der Waals surface area contributed by atoms with Crippen LogP contribution < -0.4 is 0 Å². The second-order valence-corrected chi connectivity index (χ2v) is 11.0. The van der Waals surface area contributed by atoms with E-state index >= 15 is 0 Å². The monoisotopic (exact) mass is 516 g/mol. The van der Waals surface area contributed by atoms with E-state index in [4.69, 9.17) is 4.98 Å². The molecule has 2 heterocycles. The van der Waals surface area contributed by atoms with Crippen molar-refractivity contribution in [3.8, 4) is 39.1 Å². The Morgan fingerprint density at radius 2 is 1.28 bits per heavy atom. The Hall–Kier alpha value is -4.60. The van der Waals surface area contributed by atoms with Gasteiger partial charge in [-0.2, -0.15) is 0 Å². The quantitative estimate of drug-likeness (QED) is 0.233. The third kappa shape index (κ3) is 3.77. The average molecular weight is 517 g/mol. The predicted molar refractivity (Wildman–Crippen MR) is 164 cm³/mol. The lowest BCUT2D eigenvalue weighted by molar-refractivity contribution is 0.896. The molecule has 0 saturated carbocycles. The minimum atomic E-state index is 0.919. The lowest BCUT2D eigenvalue weighted by atomic mass is 9.91. The second kappa shape index (κ2) is 9.00. The van der Waals surface area contributed by atoms with Crippen molar-refractivity contribution in [2.24, 2.45) is 0 Å². The van der Waals surface area contributed by atoms with Gasteiger partial charge in [0, 0.05) is 11.3 Å². The molecule has 0 N–H and O–H groups in total. The number of imidazole rings is 1.